The second-order valence-corrected chi connectivity index (χ2v) is 5.57. The minimum Gasteiger partial charge on any atom is -0.338 e. The summed E-state index contributed by atoms with van der Waals surface area (Å²) in [6, 6.07) is 7.77. The average molecular weight is 329 g/mol. The number of halogens is 2. The molecule has 2 aromatic rings. The number of hydrogen-bond donors (Lipinski definition) is 1. The highest BCUT2D eigenvalue weighted by Gasteiger charge is 2.18. The lowest BCUT2D eigenvalue weighted by atomic mass is 10.1. The molecule has 0 bridgehead atoms. The predicted molar refractivity (Wildman–Crippen MR) is 84.5 cm³/mol. The van der Waals surface area contributed by atoms with Crippen LogP contribution >= 0.6 is 24.0 Å². The maximum atomic E-state index is 5.96. The van der Waals surface area contributed by atoms with Gasteiger partial charge in [0.05, 0.1) is 6.54 Å². The smallest absolute Gasteiger partial charge is 0.241 e. The summed E-state index contributed by atoms with van der Waals surface area (Å²) in [5.41, 5.74) is 6.76. The van der Waals surface area contributed by atoms with Gasteiger partial charge in [-0.1, -0.05) is 28.9 Å². The number of piperidine rings is 1. The number of likely N-dealkylation sites (tertiary alicyclic amines) is 1. The zero-order valence-corrected chi connectivity index (χ0v) is 13.1. The number of nitrogens with two attached hydrogens (primary N) is 1. The van der Waals surface area contributed by atoms with Crippen molar-refractivity contribution in [1.82, 2.24) is 15.0 Å². The molecule has 0 spiro atoms. The lowest BCUT2D eigenvalue weighted by molar-refractivity contribution is 0.182. The van der Waals surface area contributed by atoms with Crippen molar-refractivity contribution in [3.8, 4) is 11.4 Å². The van der Waals surface area contributed by atoms with E-state index in [1.165, 1.54) is 0 Å². The molecule has 0 unspecified atom stereocenters. The number of aromatic nitrogens is 2. The van der Waals surface area contributed by atoms with Gasteiger partial charge in [0.15, 0.2) is 0 Å². The molecule has 21 heavy (non-hydrogen) atoms. The minimum atomic E-state index is 0. The Morgan fingerprint density at radius 2 is 2.10 bits per heavy atom. The van der Waals surface area contributed by atoms with Crippen LogP contribution in [0.4, 0.5) is 0 Å². The van der Waals surface area contributed by atoms with Crippen molar-refractivity contribution < 1.29 is 4.52 Å². The van der Waals surface area contributed by atoms with E-state index in [0.29, 0.717) is 29.3 Å². The Labute approximate surface area is 134 Å². The minimum absolute atomic E-state index is 0. The predicted octanol–water partition coefficient (Wildman–Crippen LogP) is 2.73. The van der Waals surface area contributed by atoms with E-state index < -0.39 is 0 Å². The summed E-state index contributed by atoms with van der Waals surface area (Å²) in [4.78, 5) is 6.72. The van der Waals surface area contributed by atoms with Crippen LogP contribution in [0, 0.1) is 0 Å². The summed E-state index contributed by atoms with van der Waals surface area (Å²) in [6.45, 7) is 2.65. The first-order chi connectivity index (χ1) is 9.70. The van der Waals surface area contributed by atoms with Crippen molar-refractivity contribution in [2.24, 2.45) is 5.73 Å². The van der Waals surface area contributed by atoms with Crippen LogP contribution in [0.2, 0.25) is 5.02 Å². The molecule has 2 heterocycles. The molecule has 1 aromatic carbocycles. The summed E-state index contributed by atoms with van der Waals surface area (Å²) < 4.78 is 5.31. The monoisotopic (exact) mass is 328 g/mol. The van der Waals surface area contributed by atoms with E-state index >= 15 is 0 Å². The molecule has 0 atom stereocenters. The van der Waals surface area contributed by atoms with Gasteiger partial charge in [-0.2, -0.15) is 4.98 Å². The van der Waals surface area contributed by atoms with Crippen LogP contribution in [0.3, 0.4) is 0 Å². The lowest BCUT2D eigenvalue weighted by Gasteiger charge is -2.28. The van der Waals surface area contributed by atoms with Crippen molar-refractivity contribution in [3.63, 3.8) is 0 Å². The molecule has 0 radical (unpaired) electrons. The van der Waals surface area contributed by atoms with Crippen LogP contribution in [-0.2, 0) is 6.54 Å². The van der Waals surface area contributed by atoms with Gasteiger partial charge in [-0.3, -0.25) is 4.90 Å². The first kappa shape index (κ1) is 16.2. The van der Waals surface area contributed by atoms with Crippen LogP contribution in [0.15, 0.2) is 28.8 Å². The molecule has 0 amide bonds. The molecule has 1 aliphatic rings. The number of benzene rings is 1. The normalized spacial score (nSPS) is 16.7. The van der Waals surface area contributed by atoms with E-state index in [-0.39, 0.29) is 12.4 Å². The largest absolute Gasteiger partial charge is 0.338 e. The molecule has 0 saturated carbocycles. The van der Waals surface area contributed by atoms with Gasteiger partial charge in [-0.15, -0.1) is 12.4 Å². The third kappa shape index (κ3) is 4.17. The van der Waals surface area contributed by atoms with Crippen LogP contribution in [0.25, 0.3) is 11.4 Å². The van der Waals surface area contributed by atoms with Gasteiger partial charge in [-0.05, 0) is 25.0 Å². The molecular weight excluding hydrogens is 311 g/mol. The van der Waals surface area contributed by atoms with Gasteiger partial charge in [0.1, 0.15) is 0 Å². The first-order valence-electron chi connectivity index (χ1n) is 6.77. The lowest BCUT2D eigenvalue weighted by Crippen LogP contribution is -2.39. The Hall–Kier alpha value is -1.14. The maximum Gasteiger partial charge on any atom is 0.241 e. The molecule has 1 saturated heterocycles. The summed E-state index contributed by atoms with van der Waals surface area (Å²) in [5.74, 6) is 1.21. The molecule has 1 aliphatic heterocycles. The third-order valence-corrected chi connectivity index (χ3v) is 3.78. The Bertz CT molecular complexity index is 582. The van der Waals surface area contributed by atoms with Crippen molar-refractivity contribution in [1.29, 1.82) is 0 Å². The molecule has 0 aliphatic carbocycles. The molecule has 1 fully saturated rings. The molecule has 5 nitrogen and oxygen atoms in total. The highest BCUT2D eigenvalue weighted by Crippen LogP contribution is 2.20. The number of nitrogens with zero attached hydrogens (tertiary/aromatic N) is 3. The standard InChI is InChI=1S/C14H17ClN4O.ClH/c15-11-3-1-2-10(8-11)14-17-13(20-18-14)9-19-6-4-12(16)5-7-19;/h1-3,8,12H,4-7,9,16H2;1H. The fourth-order valence-corrected chi connectivity index (χ4v) is 2.56. The third-order valence-electron chi connectivity index (χ3n) is 3.54. The van der Waals surface area contributed by atoms with Gasteiger partial charge in [0.25, 0.3) is 0 Å². The van der Waals surface area contributed by atoms with E-state index in [2.05, 4.69) is 15.0 Å². The van der Waals surface area contributed by atoms with E-state index in [4.69, 9.17) is 21.9 Å². The highest BCUT2D eigenvalue weighted by atomic mass is 35.5. The quantitative estimate of drug-likeness (QED) is 0.938. The maximum absolute atomic E-state index is 5.96. The molecular formula is C14H18Cl2N4O. The Morgan fingerprint density at radius 3 is 2.81 bits per heavy atom. The second kappa shape index (κ2) is 7.22. The van der Waals surface area contributed by atoms with Gasteiger partial charge >= 0.3 is 0 Å². The van der Waals surface area contributed by atoms with Crippen molar-refractivity contribution >= 4 is 24.0 Å². The summed E-state index contributed by atoms with van der Waals surface area (Å²) in [5, 5.41) is 4.68. The van der Waals surface area contributed by atoms with Crippen LogP contribution in [0.1, 0.15) is 18.7 Å². The van der Waals surface area contributed by atoms with E-state index in [1.807, 2.05) is 24.3 Å². The SMILES string of the molecule is Cl.NC1CCN(Cc2nc(-c3cccc(Cl)c3)no2)CC1. The van der Waals surface area contributed by atoms with Crippen LogP contribution in [0.5, 0.6) is 0 Å². The fraction of sp³-hybridized carbons (Fsp3) is 0.429. The summed E-state index contributed by atoms with van der Waals surface area (Å²) >= 11 is 5.96. The Morgan fingerprint density at radius 1 is 1.33 bits per heavy atom. The van der Waals surface area contributed by atoms with Crippen LogP contribution in [-0.4, -0.2) is 34.2 Å². The van der Waals surface area contributed by atoms with Gasteiger partial charge in [-0.25, -0.2) is 0 Å². The topological polar surface area (TPSA) is 68.2 Å². The zero-order chi connectivity index (χ0) is 13.9. The van der Waals surface area contributed by atoms with Gasteiger partial charge < -0.3 is 10.3 Å². The Balaban J connectivity index is 0.00000161. The molecule has 3 rings (SSSR count). The Kier molecular flexibility index (Phi) is 5.58. The fourth-order valence-electron chi connectivity index (χ4n) is 2.37. The molecule has 114 valence electrons. The van der Waals surface area contributed by atoms with E-state index in [0.717, 1.165) is 31.5 Å². The molecule has 7 heteroatoms. The average Bonchev–Trinajstić information content (AvgIpc) is 2.90. The van der Waals surface area contributed by atoms with E-state index in [1.54, 1.807) is 0 Å². The number of rotatable bonds is 3. The van der Waals surface area contributed by atoms with Crippen molar-refractivity contribution in [2.75, 3.05) is 13.1 Å². The first-order valence-corrected chi connectivity index (χ1v) is 7.15. The van der Waals surface area contributed by atoms with E-state index in [9.17, 15) is 0 Å². The van der Waals surface area contributed by atoms with Crippen molar-refractivity contribution in [2.45, 2.75) is 25.4 Å². The zero-order valence-electron chi connectivity index (χ0n) is 11.5. The van der Waals surface area contributed by atoms with Gasteiger partial charge in [0, 0.05) is 29.7 Å². The highest BCUT2D eigenvalue weighted by molar-refractivity contribution is 6.30. The van der Waals surface area contributed by atoms with Gasteiger partial charge in [0.2, 0.25) is 11.7 Å². The summed E-state index contributed by atoms with van der Waals surface area (Å²) in [7, 11) is 0. The summed E-state index contributed by atoms with van der Waals surface area (Å²) in [6.07, 6.45) is 2.05. The molecule has 2 N–H and O–H groups in total. The van der Waals surface area contributed by atoms with Crippen LogP contribution < -0.4 is 5.73 Å². The number of hydrogen-bond acceptors (Lipinski definition) is 5. The second-order valence-electron chi connectivity index (χ2n) is 5.14. The van der Waals surface area contributed by atoms with Crippen molar-refractivity contribution in [3.05, 3.63) is 35.2 Å². The molecule has 1 aromatic heterocycles.